The van der Waals surface area contributed by atoms with Crippen molar-refractivity contribution in [3.8, 4) is 0 Å². The van der Waals surface area contributed by atoms with Crippen LogP contribution in [0.2, 0.25) is 0 Å². The van der Waals surface area contributed by atoms with Crippen LogP contribution in [0.1, 0.15) is 5.56 Å². The Kier molecular flexibility index (Phi) is 7.08. The number of nitrogens with zero attached hydrogens (tertiary/aromatic N) is 3. The first kappa shape index (κ1) is 20.4. The van der Waals surface area contributed by atoms with Gasteiger partial charge >= 0.3 is 6.30 Å². The van der Waals surface area contributed by atoms with Crippen molar-refractivity contribution < 1.29 is 13.2 Å². The predicted octanol–water partition coefficient (Wildman–Crippen LogP) is 3.77. The molecule has 0 unspecified atom stereocenters. The number of rotatable bonds is 2. The third kappa shape index (κ3) is 5.29. The Morgan fingerprint density at radius 3 is 2.40 bits per heavy atom. The summed E-state index contributed by atoms with van der Waals surface area (Å²) >= 11 is 1.53. The lowest BCUT2D eigenvalue weighted by atomic mass is 10.1. The molecule has 1 aromatic rings. The molecule has 1 aromatic carbocycles. The summed E-state index contributed by atoms with van der Waals surface area (Å²) in [4.78, 5) is 5.98. The molecule has 0 amide bonds. The lowest BCUT2D eigenvalue weighted by Gasteiger charge is -2.35. The maximum Gasteiger partial charge on any atom is 0.460 e. The van der Waals surface area contributed by atoms with E-state index in [9.17, 15) is 13.2 Å². The van der Waals surface area contributed by atoms with Crippen molar-refractivity contribution in [2.24, 2.45) is 0 Å². The van der Waals surface area contributed by atoms with Crippen molar-refractivity contribution in [3.63, 3.8) is 0 Å². The Bertz CT molecular complexity index is 601. The molecule has 3 rings (SSSR count). The number of thioether (sulfide) groups is 1. The molecule has 2 aliphatic rings. The third-order valence-electron chi connectivity index (χ3n) is 4.45. The number of likely N-dealkylation sites (N-methyl/N-ethyl adjacent to an activating group) is 1. The number of anilines is 1. The highest BCUT2D eigenvalue weighted by molar-refractivity contribution is 8.03. The number of hydrogen-bond acceptors (Lipinski definition) is 4. The molecule has 0 radical (unpaired) electrons. The Labute approximate surface area is 157 Å². The van der Waals surface area contributed by atoms with Gasteiger partial charge in [-0.15, -0.1) is 24.2 Å². The van der Waals surface area contributed by atoms with E-state index in [-0.39, 0.29) is 25.5 Å². The van der Waals surface area contributed by atoms with E-state index < -0.39 is 6.30 Å². The quantitative estimate of drug-likeness (QED) is 0.707. The topological polar surface area (TPSA) is 9.72 Å². The van der Waals surface area contributed by atoms with E-state index in [1.807, 2.05) is 24.3 Å². The maximum atomic E-state index is 12.9. The molecule has 3 nitrogen and oxygen atoms in total. The van der Waals surface area contributed by atoms with Crippen LogP contribution in [-0.2, 0) is 0 Å². The smallest absolute Gasteiger partial charge is 0.368 e. The van der Waals surface area contributed by atoms with Gasteiger partial charge in [0.05, 0.1) is 0 Å². The molecule has 2 heterocycles. The van der Waals surface area contributed by atoms with Crippen molar-refractivity contribution in [1.82, 2.24) is 9.80 Å². The van der Waals surface area contributed by atoms with E-state index in [4.69, 9.17) is 0 Å². The Morgan fingerprint density at radius 2 is 1.72 bits per heavy atom. The highest BCUT2D eigenvalue weighted by atomic mass is 35.5. The minimum atomic E-state index is -4.25. The Hall–Kier alpha value is -0.890. The van der Waals surface area contributed by atoms with E-state index in [1.54, 1.807) is 0 Å². The highest BCUT2D eigenvalue weighted by Crippen LogP contribution is 2.33. The molecule has 2 fully saturated rings. The standard InChI is InChI=1S/C17H22F3N3S.ClH/c1-21-6-8-22(9-7-21)16-5-3-2-4-14(16)12-15-13-23(10-11-24-15)17(18,19)20;/h2-5,12H,6-11,13H2,1H3;1H. The van der Waals surface area contributed by atoms with Gasteiger partial charge in [-0.05, 0) is 29.7 Å². The molecule has 0 aliphatic carbocycles. The van der Waals surface area contributed by atoms with Gasteiger partial charge in [-0.1, -0.05) is 18.2 Å². The summed E-state index contributed by atoms with van der Waals surface area (Å²) in [5.74, 6) is 0.474. The van der Waals surface area contributed by atoms with Crippen LogP contribution in [0.25, 0.3) is 6.08 Å². The maximum absolute atomic E-state index is 12.9. The molecule has 0 saturated carbocycles. The predicted molar refractivity (Wildman–Crippen MR) is 101 cm³/mol. The lowest BCUT2D eigenvalue weighted by molar-refractivity contribution is -0.241. The van der Waals surface area contributed by atoms with Gasteiger partial charge in [0.15, 0.2) is 0 Å². The zero-order valence-corrected chi connectivity index (χ0v) is 15.8. The number of piperazine rings is 1. The zero-order chi connectivity index (χ0) is 17.2. The van der Waals surface area contributed by atoms with Crippen LogP contribution >= 0.6 is 24.2 Å². The van der Waals surface area contributed by atoms with E-state index >= 15 is 0 Å². The third-order valence-corrected chi connectivity index (χ3v) is 5.46. The summed E-state index contributed by atoms with van der Waals surface area (Å²) < 4.78 is 38.8. The highest BCUT2D eigenvalue weighted by Gasteiger charge is 2.38. The average molecular weight is 394 g/mol. The number of alkyl halides is 3. The Morgan fingerprint density at radius 1 is 1.04 bits per heavy atom. The first-order valence-electron chi connectivity index (χ1n) is 8.11. The summed E-state index contributed by atoms with van der Waals surface area (Å²) in [6.07, 6.45) is -2.33. The second kappa shape index (κ2) is 8.66. The van der Waals surface area contributed by atoms with E-state index in [0.29, 0.717) is 10.7 Å². The van der Waals surface area contributed by atoms with Crippen LogP contribution in [0.5, 0.6) is 0 Å². The summed E-state index contributed by atoms with van der Waals surface area (Å²) in [5, 5.41) is 0. The van der Waals surface area contributed by atoms with Crippen LogP contribution in [0.3, 0.4) is 0 Å². The van der Waals surface area contributed by atoms with Crippen molar-refractivity contribution in [3.05, 3.63) is 34.7 Å². The molecule has 8 heteroatoms. The largest absolute Gasteiger partial charge is 0.460 e. The zero-order valence-electron chi connectivity index (χ0n) is 14.1. The fraction of sp³-hybridized carbons (Fsp3) is 0.529. The SMILES string of the molecule is CN1CCN(c2ccccc2C=C2CN(C(F)(F)F)CCS2)CC1.Cl. The molecule has 0 aromatic heterocycles. The molecule has 140 valence electrons. The monoisotopic (exact) mass is 393 g/mol. The molecular formula is C17H23ClF3N3S. The van der Waals surface area contributed by atoms with E-state index in [2.05, 4.69) is 22.9 Å². The van der Waals surface area contributed by atoms with Gasteiger partial charge < -0.3 is 9.80 Å². The summed E-state index contributed by atoms with van der Waals surface area (Å²) in [6, 6.07) is 7.99. The number of benzene rings is 1. The van der Waals surface area contributed by atoms with Gasteiger partial charge in [-0.2, -0.15) is 13.2 Å². The minimum Gasteiger partial charge on any atom is -0.368 e. The average Bonchev–Trinajstić information content (AvgIpc) is 2.56. The van der Waals surface area contributed by atoms with Crippen molar-refractivity contribution in [1.29, 1.82) is 0 Å². The van der Waals surface area contributed by atoms with Gasteiger partial charge in [0.2, 0.25) is 0 Å². The van der Waals surface area contributed by atoms with Crippen molar-refractivity contribution >= 4 is 35.9 Å². The molecule has 0 bridgehead atoms. The fourth-order valence-corrected chi connectivity index (χ4v) is 4.05. The van der Waals surface area contributed by atoms with Gasteiger partial charge in [0.1, 0.15) is 0 Å². The first-order chi connectivity index (χ1) is 11.4. The number of hydrogen-bond donors (Lipinski definition) is 0. The Balaban J connectivity index is 0.00000225. The molecule has 2 saturated heterocycles. The number of halogens is 4. The van der Waals surface area contributed by atoms with Gasteiger partial charge in [0, 0.05) is 50.7 Å². The second-order valence-corrected chi connectivity index (χ2v) is 7.42. The van der Waals surface area contributed by atoms with Gasteiger partial charge in [-0.25, -0.2) is 4.90 Å². The number of para-hydroxylation sites is 1. The summed E-state index contributed by atoms with van der Waals surface area (Å²) in [7, 11) is 2.11. The van der Waals surface area contributed by atoms with Crippen LogP contribution in [-0.4, -0.2) is 68.2 Å². The second-order valence-electron chi connectivity index (χ2n) is 6.20. The van der Waals surface area contributed by atoms with E-state index in [0.717, 1.165) is 42.3 Å². The molecule has 25 heavy (non-hydrogen) atoms. The van der Waals surface area contributed by atoms with Gasteiger partial charge in [-0.3, -0.25) is 0 Å². The van der Waals surface area contributed by atoms with Crippen LogP contribution in [0.15, 0.2) is 29.2 Å². The van der Waals surface area contributed by atoms with Crippen LogP contribution < -0.4 is 4.90 Å². The molecule has 0 spiro atoms. The summed E-state index contributed by atoms with van der Waals surface area (Å²) in [6.45, 7) is 3.90. The van der Waals surface area contributed by atoms with Crippen LogP contribution in [0, 0.1) is 0 Å². The molecule has 0 N–H and O–H groups in total. The molecule has 2 aliphatic heterocycles. The van der Waals surface area contributed by atoms with Crippen molar-refractivity contribution in [2.45, 2.75) is 6.30 Å². The molecule has 0 atom stereocenters. The van der Waals surface area contributed by atoms with Gasteiger partial charge in [0.25, 0.3) is 0 Å². The molecular weight excluding hydrogens is 371 g/mol. The first-order valence-corrected chi connectivity index (χ1v) is 9.10. The van der Waals surface area contributed by atoms with Crippen molar-refractivity contribution in [2.75, 3.05) is 57.0 Å². The fourth-order valence-electron chi connectivity index (χ4n) is 3.02. The lowest BCUT2D eigenvalue weighted by Crippen LogP contribution is -2.44. The van der Waals surface area contributed by atoms with Crippen LogP contribution in [0.4, 0.5) is 18.9 Å². The minimum absolute atomic E-state index is 0. The summed E-state index contributed by atoms with van der Waals surface area (Å²) in [5.41, 5.74) is 2.12. The normalized spacial score (nSPS) is 22.1. The van der Waals surface area contributed by atoms with E-state index in [1.165, 1.54) is 11.8 Å².